The van der Waals surface area contributed by atoms with E-state index >= 15 is 0 Å². The van der Waals surface area contributed by atoms with Gasteiger partial charge in [0.2, 0.25) is 0 Å². The van der Waals surface area contributed by atoms with Gasteiger partial charge in [-0.05, 0) is 49.2 Å². The summed E-state index contributed by atoms with van der Waals surface area (Å²) in [4.78, 5) is 17.5. The number of aromatic nitrogens is 4. The molecule has 0 saturated heterocycles. The van der Waals surface area contributed by atoms with Gasteiger partial charge < -0.3 is 5.32 Å². The van der Waals surface area contributed by atoms with Crippen LogP contribution in [0.4, 0.5) is 10.2 Å². The molecule has 5 nitrogen and oxygen atoms in total. The number of thiazole rings is 1. The molecule has 0 radical (unpaired) electrons. The van der Waals surface area contributed by atoms with Crippen LogP contribution in [0.1, 0.15) is 24.4 Å². The van der Waals surface area contributed by atoms with Crippen LogP contribution in [-0.4, -0.2) is 19.9 Å². The average Bonchev–Trinajstić information content (AvgIpc) is 3.27. The fraction of sp³-hybridized carbons (Fsp3) is 0.120. The molecule has 0 aliphatic rings. The lowest BCUT2D eigenvalue weighted by Crippen LogP contribution is -2.09. The predicted octanol–water partition coefficient (Wildman–Crippen LogP) is 6.44. The van der Waals surface area contributed by atoms with Crippen LogP contribution in [0.25, 0.3) is 32.6 Å². The highest BCUT2D eigenvalue weighted by Crippen LogP contribution is 2.28. The monoisotopic (exact) mass is 441 g/mol. The second-order valence-electron chi connectivity index (χ2n) is 7.60. The Kier molecular flexibility index (Phi) is 5.33. The Morgan fingerprint density at radius 2 is 1.84 bits per heavy atom. The molecule has 0 spiro atoms. The smallest absolute Gasteiger partial charge is 0.142 e. The minimum Gasteiger partial charge on any atom is -0.363 e. The molecule has 5 aromatic rings. The first kappa shape index (κ1) is 20.2. The van der Waals surface area contributed by atoms with Gasteiger partial charge in [0.25, 0.3) is 0 Å². The lowest BCUT2D eigenvalue weighted by Gasteiger charge is -2.17. The molecule has 158 valence electrons. The van der Waals surface area contributed by atoms with Crippen LogP contribution in [0.5, 0.6) is 0 Å². The first-order valence-corrected chi connectivity index (χ1v) is 11.1. The van der Waals surface area contributed by atoms with Crippen LogP contribution in [0.3, 0.4) is 0 Å². The van der Waals surface area contributed by atoms with Crippen molar-refractivity contribution in [1.82, 2.24) is 19.9 Å². The summed E-state index contributed by atoms with van der Waals surface area (Å²) in [7, 11) is 0. The number of hydrogen-bond donors (Lipinski definition) is 1. The zero-order chi connectivity index (χ0) is 22.1. The summed E-state index contributed by atoms with van der Waals surface area (Å²) in [6, 6.07) is 17.6. The van der Waals surface area contributed by atoms with E-state index in [0.717, 1.165) is 44.0 Å². The van der Waals surface area contributed by atoms with Gasteiger partial charge in [-0.3, -0.25) is 4.98 Å². The van der Waals surface area contributed by atoms with Crippen molar-refractivity contribution >= 4 is 27.4 Å². The summed E-state index contributed by atoms with van der Waals surface area (Å²) < 4.78 is 14.7. The van der Waals surface area contributed by atoms with Gasteiger partial charge in [0.15, 0.2) is 0 Å². The summed E-state index contributed by atoms with van der Waals surface area (Å²) in [5.41, 5.74) is 7.46. The number of nitrogens with one attached hydrogen (secondary N) is 1. The van der Waals surface area contributed by atoms with Gasteiger partial charge in [-0.2, -0.15) is 0 Å². The van der Waals surface area contributed by atoms with Crippen LogP contribution in [0, 0.1) is 12.7 Å². The molecule has 0 aliphatic carbocycles. The molecule has 1 N–H and O–H groups in total. The minimum absolute atomic E-state index is 0.0115. The van der Waals surface area contributed by atoms with E-state index in [9.17, 15) is 4.39 Å². The highest BCUT2D eigenvalue weighted by atomic mass is 32.1. The number of aryl methyl sites for hydroxylation is 1. The quantitative estimate of drug-likeness (QED) is 0.340. The minimum atomic E-state index is -0.348. The van der Waals surface area contributed by atoms with Crippen molar-refractivity contribution in [2.75, 3.05) is 5.32 Å². The molecule has 32 heavy (non-hydrogen) atoms. The van der Waals surface area contributed by atoms with Gasteiger partial charge >= 0.3 is 0 Å². The lowest BCUT2D eigenvalue weighted by atomic mass is 10.0. The maximum atomic E-state index is 13.6. The number of rotatable bonds is 5. The Labute approximate surface area is 189 Å². The predicted molar refractivity (Wildman–Crippen MR) is 127 cm³/mol. The maximum absolute atomic E-state index is 13.6. The van der Waals surface area contributed by atoms with Gasteiger partial charge in [0.05, 0.1) is 27.6 Å². The average molecular weight is 442 g/mol. The lowest BCUT2D eigenvalue weighted by molar-refractivity contribution is 0.622. The summed E-state index contributed by atoms with van der Waals surface area (Å²) in [6.45, 7) is 3.96. The number of fused-ring (bicyclic) bond motifs is 1. The second-order valence-corrected chi connectivity index (χ2v) is 8.49. The first-order valence-electron chi connectivity index (χ1n) is 10.2. The molecule has 1 unspecified atom stereocenters. The van der Waals surface area contributed by atoms with Crippen molar-refractivity contribution in [3.63, 3.8) is 0 Å². The third-order valence-corrected chi connectivity index (χ3v) is 6.05. The van der Waals surface area contributed by atoms with E-state index < -0.39 is 0 Å². The SMILES string of the molecule is Cc1nc(NC(C)c2cccc(-c3cncc(F)c3)c2)cc(-c2ccc3ncsc3c2)n1. The first-order chi connectivity index (χ1) is 15.5. The third kappa shape index (κ3) is 4.20. The zero-order valence-electron chi connectivity index (χ0n) is 17.6. The molecule has 5 rings (SSSR count). The van der Waals surface area contributed by atoms with Crippen LogP contribution in [-0.2, 0) is 0 Å². The zero-order valence-corrected chi connectivity index (χ0v) is 18.4. The van der Waals surface area contributed by atoms with Crippen molar-refractivity contribution < 1.29 is 4.39 Å². The molecule has 0 fully saturated rings. The Morgan fingerprint density at radius 3 is 2.72 bits per heavy atom. The highest BCUT2D eigenvalue weighted by Gasteiger charge is 2.11. The largest absolute Gasteiger partial charge is 0.363 e. The van der Waals surface area contributed by atoms with Crippen molar-refractivity contribution in [3.8, 4) is 22.4 Å². The van der Waals surface area contributed by atoms with E-state index in [1.807, 2.05) is 54.9 Å². The molecule has 3 heterocycles. The van der Waals surface area contributed by atoms with Gasteiger partial charge in [-0.15, -0.1) is 11.3 Å². The van der Waals surface area contributed by atoms with Gasteiger partial charge in [-0.1, -0.05) is 24.3 Å². The van der Waals surface area contributed by atoms with E-state index in [-0.39, 0.29) is 11.9 Å². The normalized spacial score (nSPS) is 12.1. The summed E-state index contributed by atoms with van der Waals surface area (Å²) in [6.07, 6.45) is 2.87. The molecule has 0 bridgehead atoms. The Morgan fingerprint density at radius 1 is 0.938 bits per heavy atom. The summed E-state index contributed by atoms with van der Waals surface area (Å²) >= 11 is 1.61. The van der Waals surface area contributed by atoms with E-state index in [2.05, 4.69) is 38.2 Å². The van der Waals surface area contributed by atoms with E-state index in [0.29, 0.717) is 5.82 Å². The molecule has 1 atom stereocenters. The Balaban J connectivity index is 1.42. The highest BCUT2D eigenvalue weighted by molar-refractivity contribution is 7.16. The van der Waals surface area contributed by atoms with Crippen molar-refractivity contribution in [3.05, 3.63) is 89.7 Å². The van der Waals surface area contributed by atoms with Crippen molar-refractivity contribution in [2.45, 2.75) is 19.9 Å². The van der Waals surface area contributed by atoms with Crippen LogP contribution < -0.4 is 5.32 Å². The molecular weight excluding hydrogens is 421 g/mol. The topological polar surface area (TPSA) is 63.6 Å². The number of anilines is 1. The van der Waals surface area contributed by atoms with E-state index in [1.54, 1.807) is 17.5 Å². The van der Waals surface area contributed by atoms with Crippen LogP contribution >= 0.6 is 11.3 Å². The molecular formula is C25H20FN5S. The Bertz CT molecular complexity index is 1410. The van der Waals surface area contributed by atoms with E-state index in [1.165, 1.54) is 12.3 Å². The second kappa shape index (κ2) is 8.43. The van der Waals surface area contributed by atoms with Crippen molar-refractivity contribution in [1.29, 1.82) is 0 Å². The fourth-order valence-electron chi connectivity index (χ4n) is 3.67. The summed E-state index contributed by atoms with van der Waals surface area (Å²) in [5, 5.41) is 3.48. The summed E-state index contributed by atoms with van der Waals surface area (Å²) in [5.74, 6) is 1.10. The number of hydrogen-bond acceptors (Lipinski definition) is 6. The van der Waals surface area contributed by atoms with Gasteiger partial charge in [-0.25, -0.2) is 19.3 Å². The molecule has 7 heteroatoms. The third-order valence-electron chi connectivity index (χ3n) is 5.25. The standard InChI is InChI=1S/C25H20FN5S/c1-15(17-4-3-5-18(8-17)20-9-21(26)13-27-12-20)29-25-11-23(30-16(2)31-25)19-6-7-22-24(10-19)32-14-28-22/h3-15H,1-2H3,(H,29,30,31). The van der Waals surface area contributed by atoms with Crippen LogP contribution in [0.15, 0.2) is 72.5 Å². The molecule has 2 aromatic carbocycles. The number of pyridine rings is 1. The number of nitrogens with zero attached hydrogens (tertiary/aromatic N) is 4. The molecule has 0 amide bonds. The van der Waals surface area contributed by atoms with Gasteiger partial charge in [0.1, 0.15) is 17.5 Å². The number of halogens is 1. The molecule has 0 saturated carbocycles. The molecule has 3 aromatic heterocycles. The van der Waals surface area contributed by atoms with Crippen LogP contribution in [0.2, 0.25) is 0 Å². The fourth-order valence-corrected chi connectivity index (χ4v) is 4.38. The van der Waals surface area contributed by atoms with Gasteiger partial charge in [0, 0.05) is 29.4 Å². The van der Waals surface area contributed by atoms with Crippen molar-refractivity contribution in [2.24, 2.45) is 0 Å². The Hall–Kier alpha value is -3.71. The van der Waals surface area contributed by atoms with E-state index in [4.69, 9.17) is 0 Å². The molecule has 0 aliphatic heterocycles. The maximum Gasteiger partial charge on any atom is 0.142 e. The number of benzene rings is 2.